The van der Waals surface area contributed by atoms with Crippen molar-refractivity contribution < 1.29 is 23.5 Å². The number of hydrogen-bond acceptors (Lipinski definition) is 5. The Morgan fingerprint density at radius 2 is 1.81 bits per heavy atom. The highest BCUT2D eigenvalue weighted by atomic mass is 16.6. The second kappa shape index (κ2) is 7.68. The predicted octanol–water partition coefficient (Wildman–Crippen LogP) is 5.41. The number of hydrogen-bond donors (Lipinski definition) is 0. The van der Waals surface area contributed by atoms with Crippen molar-refractivity contribution >= 4 is 39.5 Å². The van der Waals surface area contributed by atoms with Gasteiger partial charge in [-0.3, -0.25) is 9.69 Å². The van der Waals surface area contributed by atoms with E-state index in [1.165, 1.54) is 0 Å². The molecule has 0 saturated heterocycles. The van der Waals surface area contributed by atoms with Gasteiger partial charge < -0.3 is 13.9 Å². The van der Waals surface area contributed by atoms with Gasteiger partial charge in [-0.1, -0.05) is 19.1 Å². The fraction of sp³-hybridized carbons (Fsp3) is 0.440. The molecule has 1 aliphatic carbocycles. The van der Waals surface area contributed by atoms with Crippen LogP contribution in [0.4, 0.5) is 5.69 Å². The Hall–Kier alpha value is -2.86. The van der Waals surface area contributed by atoms with Gasteiger partial charge >= 0.3 is 5.97 Å². The van der Waals surface area contributed by atoms with Gasteiger partial charge in [0.15, 0.2) is 6.23 Å². The molecule has 2 heterocycles. The van der Waals surface area contributed by atoms with Crippen LogP contribution in [0.2, 0.25) is 0 Å². The van der Waals surface area contributed by atoms with E-state index in [-0.39, 0.29) is 11.8 Å². The lowest BCUT2D eigenvalue weighted by Crippen LogP contribution is -2.48. The molecule has 1 aromatic heterocycles. The lowest BCUT2D eigenvalue weighted by molar-refractivity contribution is -0.125. The predicted molar refractivity (Wildman–Crippen MR) is 118 cm³/mol. The summed E-state index contributed by atoms with van der Waals surface area (Å²) in [4.78, 5) is 27.8. The molecule has 1 aliphatic heterocycles. The highest BCUT2D eigenvalue weighted by Gasteiger charge is 2.38. The number of cyclic esters (lactones) is 1. The summed E-state index contributed by atoms with van der Waals surface area (Å²) < 4.78 is 16.8. The van der Waals surface area contributed by atoms with Crippen LogP contribution < -0.4 is 4.90 Å². The Kier molecular flexibility index (Phi) is 4.97. The molecule has 1 saturated carbocycles. The summed E-state index contributed by atoms with van der Waals surface area (Å²) in [5.74, 6) is 0.249. The minimum Gasteiger partial charge on any atom is -0.456 e. The van der Waals surface area contributed by atoms with Crippen molar-refractivity contribution in [2.24, 2.45) is 11.8 Å². The van der Waals surface area contributed by atoms with Crippen molar-refractivity contribution in [3.05, 3.63) is 41.5 Å². The first-order chi connectivity index (χ1) is 15.0. The van der Waals surface area contributed by atoms with Crippen molar-refractivity contribution in [1.29, 1.82) is 0 Å². The lowest BCUT2D eigenvalue weighted by Gasteiger charge is -2.37. The number of esters is 1. The second-order valence-electron chi connectivity index (χ2n) is 8.90. The molecule has 6 heteroatoms. The number of benzene rings is 2. The van der Waals surface area contributed by atoms with E-state index in [1.54, 1.807) is 25.0 Å². The minimum absolute atomic E-state index is 0.0308. The Balaban J connectivity index is 1.61. The number of nitrogens with zero attached hydrogens (tertiary/aromatic N) is 1. The molecule has 5 rings (SSSR count). The van der Waals surface area contributed by atoms with Crippen molar-refractivity contribution in [2.45, 2.75) is 52.4 Å². The number of ether oxygens (including phenoxy) is 2. The van der Waals surface area contributed by atoms with Crippen molar-refractivity contribution in [3.63, 3.8) is 0 Å². The first-order valence-electron chi connectivity index (χ1n) is 11.0. The van der Waals surface area contributed by atoms with Crippen LogP contribution in [0.5, 0.6) is 0 Å². The number of amides is 1. The third-order valence-electron chi connectivity index (χ3n) is 6.69. The van der Waals surface area contributed by atoms with Crippen LogP contribution in [0.1, 0.15) is 55.5 Å². The van der Waals surface area contributed by atoms with Gasteiger partial charge in [-0.15, -0.1) is 0 Å². The minimum atomic E-state index is -0.629. The largest absolute Gasteiger partial charge is 0.456 e. The van der Waals surface area contributed by atoms with Crippen LogP contribution in [-0.2, 0) is 20.9 Å². The van der Waals surface area contributed by atoms with Crippen LogP contribution in [0, 0.1) is 11.8 Å². The molecule has 1 amide bonds. The molecule has 0 bridgehead atoms. The van der Waals surface area contributed by atoms with E-state index in [0.717, 1.165) is 47.6 Å². The number of rotatable bonds is 3. The summed E-state index contributed by atoms with van der Waals surface area (Å²) >= 11 is 0. The molecule has 31 heavy (non-hydrogen) atoms. The number of furan rings is 1. The molecule has 2 aromatic carbocycles. The maximum absolute atomic E-state index is 13.5. The molecule has 3 aromatic rings. The number of methoxy groups -OCH3 is 1. The molecular formula is C25H27NO5. The molecule has 1 atom stereocenters. The highest BCUT2D eigenvalue weighted by Crippen LogP contribution is 2.40. The zero-order valence-corrected chi connectivity index (χ0v) is 18.1. The van der Waals surface area contributed by atoms with E-state index in [9.17, 15) is 9.59 Å². The monoisotopic (exact) mass is 421 g/mol. The molecule has 0 radical (unpaired) electrons. The average molecular weight is 421 g/mol. The molecule has 0 N–H and O–H groups in total. The number of fused-ring (bicyclic) bond motifs is 4. The number of carbonyl (C=O) groups is 2. The van der Waals surface area contributed by atoms with E-state index in [4.69, 9.17) is 13.9 Å². The van der Waals surface area contributed by atoms with Gasteiger partial charge in [0, 0.05) is 23.8 Å². The Bertz CT molecular complexity index is 1170. The summed E-state index contributed by atoms with van der Waals surface area (Å²) in [5, 5.41) is 1.83. The SMILES string of the molecule is COCc1ccc2c(c1)oc1cc3c(cc12)N(C(=O)C1CCC(C)CC1)C(C)OC3=O. The number of carbonyl (C=O) groups excluding carboxylic acids is 2. The van der Waals surface area contributed by atoms with Crippen LogP contribution in [-0.4, -0.2) is 25.2 Å². The second-order valence-corrected chi connectivity index (χ2v) is 8.90. The lowest BCUT2D eigenvalue weighted by atomic mass is 9.82. The first kappa shape index (κ1) is 20.1. The zero-order valence-electron chi connectivity index (χ0n) is 18.1. The van der Waals surface area contributed by atoms with E-state index >= 15 is 0 Å². The summed E-state index contributed by atoms with van der Waals surface area (Å²) in [6, 6.07) is 9.57. The summed E-state index contributed by atoms with van der Waals surface area (Å²) in [6.45, 7) is 4.49. The highest BCUT2D eigenvalue weighted by molar-refractivity contribution is 6.13. The van der Waals surface area contributed by atoms with Crippen LogP contribution in [0.25, 0.3) is 21.9 Å². The third kappa shape index (κ3) is 3.39. The van der Waals surface area contributed by atoms with Gasteiger partial charge in [-0.2, -0.15) is 0 Å². The van der Waals surface area contributed by atoms with Crippen LogP contribution in [0.15, 0.2) is 34.7 Å². The fourth-order valence-corrected chi connectivity index (χ4v) is 4.94. The first-order valence-corrected chi connectivity index (χ1v) is 11.0. The molecule has 162 valence electrons. The number of anilines is 1. The van der Waals surface area contributed by atoms with Crippen LogP contribution in [0.3, 0.4) is 0 Å². The van der Waals surface area contributed by atoms with Gasteiger partial charge in [0.1, 0.15) is 11.2 Å². The maximum Gasteiger partial charge on any atom is 0.342 e. The molecule has 6 nitrogen and oxygen atoms in total. The van der Waals surface area contributed by atoms with Crippen molar-refractivity contribution in [3.8, 4) is 0 Å². The Morgan fingerprint density at radius 1 is 1.06 bits per heavy atom. The molecule has 2 aliphatic rings. The smallest absolute Gasteiger partial charge is 0.342 e. The summed E-state index contributed by atoms with van der Waals surface area (Å²) in [6.07, 6.45) is 3.24. The van der Waals surface area contributed by atoms with E-state index in [1.807, 2.05) is 24.3 Å². The van der Waals surface area contributed by atoms with Gasteiger partial charge in [0.25, 0.3) is 0 Å². The summed E-state index contributed by atoms with van der Waals surface area (Å²) in [7, 11) is 1.65. The van der Waals surface area contributed by atoms with Gasteiger partial charge in [-0.05, 0) is 62.3 Å². The van der Waals surface area contributed by atoms with Gasteiger partial charge in [0.2, 0.25) is 5.91 Å². The zero-order chi connectivity index (χ0) is 21.7. The quantitative estimate of drug-likeness (QED) is 0.529. The third-order valence-corrected chi connectivity index (χ3v) is 6.69. The average Bonchev–Trinajstić information content (AvgIpc) is 3.10. The molecular weight excluding hydrogens is 394 g/mol. The maximum atomic E-state index is 13.5. The van der Waals surface area contributed by atoms with E-state index in [2.05, 4.69) is 6.92 Å². The van der Waals surface area contributed by atoms with Crippen LogP contribution >= 0.6 is 0 Å². The topological polar surface area (TPSA) is 69.0 Å². The van der Waals surface area contributed by atoms with Gasteiger partial charge in [-0.25, -0.2) is 4.79 Å². The van der Waals surface area contributed by atoms with E-state index < -0.39 is 12.2 Å². The molecule has 1 unspecified atom stereocenters. The van der Waals surface area contributed by atoms with E-state index in [0.29, 0.717) is 29.4 Å². The molecule has 0 spiro atoms. The normalized spacial score (nSPS) is 23.8. The summed E-state index contributed by atoms with van der Waals surface area (Å²) in [5.41, 5.74) is 3.33. The van der Waals surface area contributed by atoms with Gasteiger partial charge in [0.05, 0.1) is 17.9 Å². The fourth-order valence-electron chi connectivity index (χ4n) is 4.94. The Morgan fingerprint density at radius 3 is 2.55 bits per heavy atom. The Labute approximate surface area is 181 Å². The molecule has 1 fully saturated rings. The van der Waals surface area contributed by atoms with Crippen molar-refractivity contribution in [2.75, 3.05) is 12.0 Å². The standard InChI is InChI=1S/C25H27NO5/c1-14-4-7-17(8-5-14)24(27)26-15(2)30-25(28)20-12-23-19(11-21(20)26)18-9-6-16(13-29-3)10-22(18)31-23/h6,9-12,14-15,17H,4-5,7-8,13H2,1-3H3. The van der Waals surface area contributed by atoms with Crippen molar-refractivity contribution in [1.82, 2.24) is 0 Å².